The monoisotopic (exact) mass is 459 g/mol. The van der Waals surface area contributed by atoms with Crippen molar-refractivity contribution in [3.05, 3.63) is 35.9 Å². The van der Waals surface area contributed by atoms with Crippen LogP contribution in [0, 0.1) is 5.41 Å². The number of carbonyl (C=O) groups is 1. The third kappa shape index (κ3) is 6.82. The van der Waals surface area contributed by atoms with Crippen molar-refractivity contribution in [1.82, 2.24) is 5.06 Å². The van der Waals surface area contributed by atoms with Crippen molar-refractivity contribution >= 4 is 5.97 Å². The van der Waals surface area contributed by atoms with Crippen LogP contribution in [0.5, 0.6) is 0 Å². The zero-order valence-corrected chi connectivity index (χ0v) is 22.4. The van der Waals surface area contributed by atoms with Crippen molar-refractivity contribution in [2.24, 2.45) is 5.41 Å². The van der Waals surface area contributed by atoms with Crippen molar-refractivity contribution in [3.8, 4) is 0 Å². The second-order valence-corrected chi connectivity index (χ2v) is 10.6. The number of ether oxygens (including phenoxy) is 1. The summed E-state index contributed by atoms with van der Waals surface area (Å²) >= 11 is 0. The predicted octanol–water partition coefficient (Wildman–Crippen LogP) is 8.02. The van der Waals surface area contributed by atoms with Crippen LogP contribution in [0.1, 0.15) is 124 Å². The molecule has 0 spiro atoms. The number of nitrogens with zero attached hydrogens (tertiary/aromatic N) is 1. The van der Waals surface area contributed by atoms with Crippen LogP contribution in [-0.2, 0) is 14.4 Å². The van der Waals surface area contributed by atoms with E-state index in [9.17, 15) is 4.79 Å². The summed E-state index contributed by atoms with van der Waals surface area (Å²) in [4.78, 5) is 19.4. The summed E-state index contributed by atoms with van der Waals surface area (Å²) < 4.78 is 6.18. The van der Waals surface area contributed by atoms with Crippen LogP contribution in [0.15, 0.2) is 30.3 Å². The number of esters is 1. The van der Waals surface area contributed by atoms with E-state index >= 15 is 0 Å². The van der Waals surface area contributed by atoms with Gasteiger partial charge in [0.05, 0.1) is 5.54 Å². The SMILES string of the molecule is CCCCCCCCC(=O)OC1CC(CC)N(OC(C)c2ccccc2)C(C)(CC)C1(C)C. The van der Waals surface area contributed by atoms with Gasteiger partial charge in [-0.2, -0.15) is 5.06 Å². The van der Waals surface area contributed by atoms with Crippen LogP contribution in [0.25, 0.3) is 0 Å². The van der Waals surface area contributed by atoms with Crippen LogP contribution < -0.4 is 0 Å². The van der Waals surface area contributed by atoms with Gasteiger partial charge in [0.25, 0.3) is 0 Å². The lowest BCUT2D eigenvalue weighted by Gasteiger charge is -2.60. The first-order valence-corrected chi connectivity index (χ1v) is 13.4. The van der Waals surface area contributed by atoms with E-state index in [1.807, 2.05) is 6.07 Å². The third-order valence-electron chi connectivity index (χ3n) is 8.21. The van der Waals surface area contributed by atoms with Crippen molar-refractivity contribution in [2.75, 3.05) is 0 Å². The van der Waals surface area contributed by atoms with Gasteiger partial charge in [-0.25, -0.2) is 0 Å². The Balaban J connectivity index is 2.09. The molecule has 4 nitrogen and oxygen atoms in total. The Kier molecular flexibility index (Phi) is 10.9. The van der Waals surface area contributed by atoms with Gasteiger partial charge in [0.2, 0.25) is 0 Å². The van der Waals surface area contributed by atoms with Gasteiger partial charge in [0.1, 0.15) is 12.2 Å². The molecule has 0 radical (unpaired) electrons. The molecule has 1 saturated heterocycles. The highest BCUT2D eigenvalue weighted by Gasteiger charge is 2.57. The summed E-state index contributed by atoms with van der Waals surface area (Å²) in [6.07, 6.45) is 10.1. The van der Waals surface area contributed by atoms with E-state index in [2.05, 4.69) is 77.8 Å². The van der Waals surface area contributed by atoms with E-state index in [1.165, 1.54) is 31.2 Å². The van der Waals surface area contributed by atoms with E-state index < -0.39 is 0 Å². The summed E-state index contributed by atoms with van der Waals surface area (Å²) in [5.74, 6) is -0.0381. The summed E-state index contributed by atoms with van der Waals surface area (Å²) in [5, 5.41) is 2.25. The third-order valence-corrected chi connectivity index (χ3v) is 8.21. The highest BCUT2D eigenvalue weighted by Crippen LogP contribution is 2.50. The number of benzene rings is 1. The molecule has 1 aromatic carbocycles. The molecule has 0 aliphatic carbocycles. The maximum absolute atomic E-state index is 12.8. The molecule has 1 fully saturated rings. The number of piperidine rings is 1. The lowest BCUT2D eigenvalue weighted by Crippen LogP contribution is -2.68. The fourth-order valence-electron chi connectivity index (χ4n) is 5.24. The zero-order valence-electron chi connectivity index (χ0n) is 22.4. The number of hydroxylamine groups is 2. The van der Waals surface area contributed by atoms with Gasteiger partial charge >= 0.3 is 5.97 Å². The van der Waals surface area contributed by atoms with Crippen LogP contribution in [0.3, 0.4) is 0 Å². The summed E-state index contributed by atoms with van der Waals surface area (Å²) in [6, 6.07) is 10.6. The molecular formula is C29H49NO3. The summed E-state index contributed by atoms with van der Waals surface area (Å²) in [6.45, 7) is 15.5. The average molecular weight is 460 g/mol. The molecule has 4 heteroatoms. The second kappa shape index (κ2) is 12.9. The van der Waals surface area contributed by atoms with Gasteiger partial charge in [0.15, 0.2) is 0 Å². The first-order valence-electron chi connectivity index (χ1n) is 13.4. The van der Waals surface area contributed by atoms with Crippen LogP contribution in [-0.4, -0.2) is 28.7 Å². The van der Waals surface area contributed by atoms with Crippen LogP contribution in [0.2, 0.25) is 0 Å². The van der Waals surface area contributed by atoms with Crippen molar-refractivity contribution in [2.45, 2.75) is 136 Å². The highest BCUT2D eigenvalue weighted by atomic mass is 16.7. The van der Waals surface area contributed by atoms with E-state index in [0.717, 1.165) is 32.1 Å². The minimum atomic E-state index is -0.250. The number of hydrogen-bond acceptors (Lipinski definition) is 4. The van der Waals surface area contributed by atoms with Crippen LogP contribution in [0.4, 0.5) is 0 Å². The van der Waals surface area contributed by atoms with Gasteiger partial charge in [-0.1, -0.05) is 97.1 Å². The molecule has 0 N–H and O–H groups in total. The Morgan fingerprint density at radius 1 is 1.03 bits per heavy atom. The van der Waals surface area contributed by atoms with E-state index in [0.29, 0.717) is 6.42 Å². The molecule has 0 bridgehead atoms. The fraction of sp³-hybridized carbons (Fsp3) is 0.759. The zero-order chi connectivity index (χ0) is 24.5. The Hall–Kier alpha value is -1.39. The van der Waals surface area contributed by atoms with Gasteiger partial charge in [-0.3, -0.25) is 9.63 Å². The molecule has 1 aliphatic rings. The summed E-state index contributed by atoms with van der Waals surface area (Å²) in [5.41, 5.74) is 0.692. The number of rotatable bonds is 13. The molecular weight excluding hydrogens is 410 g/mol. The summed E-state index contributed by atoms with van der Waals surface area (Å²) in [7, 11) is 0. The van der Waals surface area contributed by atoms with Gasteiger partial charge in [-0.15, -0.1) is 0 Å². The van der Waals surface area contributed by atoms with E-state index in [4.69, 9.17) is 9.57 Å². The molecule has 4 atom stereocenters. The van der Waals surface area contributed by atoms with Crippen molar-refractivity contribution in [3.63, 3.8) is 0 Å². The van der Waals surface area contributed by atoms with E-state index in [-0.39, 0.29) is 35.2 Å². The smallest absolute Gasteiger partial charge is 0.306 e. The Morgan fingerprint density at radius 2 is 1.67 bits per heavy atom. The average Bonchev–Trinajstić information content (AvgIpc) is 2.81. The molecule has 1 aromatic rings. The molecule has 4 unspecified atom stereocenters. The molecule has 1 heterocycles. The highest BCUT2D eigenvalue weighted by molar-refractivity contribution is 5.69. The van der Waals surface area contributed by atoms with E-state index in [1.54, 1.807) is 0 Å². The minimum absolute atomic E-state index is 0.0336. The Labute approximate surface area is 203 Å². The van der Waals surface area contributed by atoms with Gasteiger partial charge < -0.3 is 4.74 Å². The number of hydrogen-bond donors (Lipinski definition) is 0. The Morgan fingerprint density at radius 3 is 2.27 bits per heavy atom. The Bertz CT molecular complexity index is 704. The predicted molar refractivity (Wildman–Crippen MR) is 137 cm³/mol. The molecule has 0 amide bonds. The first kappa shape index (κ1) is 27.9. The lowest BCUT2D eigenvalue weighted by molar-refractivity contribution is -0.327. The van der Waals surface area contributed by atoms with Crippen molar-refractivity contribution in [1.29, 1.82) is 0 Å². The molecule has 1 aliphatic heterocycles. The molecule has 0 saturated carbocycles. The molecule has 33 heavy (non-hydrogen) atoms. The topological polar surface area (TPSA) is 38.8 Å². The van der Waals surface area contributed by atoms with Crippen LogP contribution >= 0.6 is 0 Å². The molecule has 2 rings (SSSR count). The fourth-order valence-corrected chi connectivity index (χ4v) is 5.24. The molecule has 188 valence electrons. The minimum Gasteiger partial charge on any atom is -0.462 e. The standard InChI is InChI=1S/C29H49NO3/c1-8-11-12-13-14-18-21-27(31)32-26-22-25(9-2)30(29(7,10-3)28(26,5)6)33-23(4)24-19-16-15-17-20-24/h15-17,19-20,23,25-26H,8-14,18,21-22H2,1-7H3. The lowest BCUT2D eigenvalue weighted by atomic mass is 9.63. The van der Waals surface area contributed by atoms with Gasteiger partial charge in [-0.05, 0) is 38.7 Å². The number of carbonyl (C=O) groups excluding carboxylic acids is 1. The normalized spacial score (nSPS) is 26.2. The molecule has 0 aromatic heterocycles. The maximum atomic E-state index is 12.8. The van der Waals surface area contributed by atoms with Crippen molar-refractivity contribution < 1.29 is 14.4 Å². The largest absolute Gasteiger partial charge is 0.462 e. The number of unbranched alkanes of at least 4 members (excludes halogenated alkanes) is 5. The maximum Gasteiger partial charge on any atom is 0.306 e. The quantitative estimate of drug-likeness (QED) is 0.221. The van der Waals surface area contributed by atoms with Gasteiger partial charge in [0, 0.05) is 24.3 Å². The first-order chi connectivity index (χ1) is 15.7. The second-order valence-electron chi connectivity index (χ2n) is 10.6.